The fraction of sp³-hybridized carbons (Fsp3) is 0.500. The van der Waals surface area contributed by atoms with Crippen molar-refractivity contribution in [3.8, 4) is 5.75 Å². The van der Waals surface area contributed by atoms with Crippen LogP contribution in [0, 0.1) is 6.92 Å². The lowest BCUT2D eigenvalue weighted by molar-refractivity contribution is 0.0205. The third kappa shape index (κ3) is 5.52. The molecule has 0 fully saturated rings. The Kier molecular flexibility index (Phi) is 6.49. The van der Waals surface area contributed by atoms with E-state index >= 15 is 0 Å². The van der Waals surface area contributed by atoms with E-state index in [1.807, 2.05) is 0 Å². The molecule has 30 heavy (non-hydrogen) atoms. The first-order chi connectivity index (χ1) is 13.7. The van der Waals surface area contributed by atoms with Crippen molar-refractivity contribution in [1.29, 1.82) is 0 Å². The van der Waals surface area contributed by atoms with Crippen molar-refractivity contribution in [3.05, 3.63) is 29.5 Å². The van der Waals surface area contributed by atoms with Crippen molar-refractivity contribution in [2.75, 3.05) is 6.61 Å². The number of esters is 1. The minimum absolute atomic E-state index is 0.170. The van der Waals surface area contributed by atoms with Crippen LogP contribution in [0.3, 0.4) is 0 Å². The number of aromatic nitrogens is 1. The summed E-state index contributed by atoms with van der Waals surface area (Å²) in [5.41, 5.74) is -0.432. The minimum Gasteiger partial charge on any atom is -0.462 e. The Balaban J connectivity index is 2.57. The Morgan fingerprint density at radius 2 is 1.57 bits per heavy atom. The molecule has 8 heteroatoms. The predicted octanol–water partition coefficient (Wildman–Crippen LogP) is 5.22. The highest BCUT2D eigenvalue weighted by atomic mass is 16.7. The van der Waals surface area contributed by atoms with Crippen LogP contribution in [-0.4, -0.2) is 40.6 Å². The van der Waals surface area contributed by atoms with E-state index in [0.29, 0.717) is 16.6 Å². The normalized spacial score (nSPS) is 11.9. The smallest absolute Gasteiger partial charge is 0.462 e. The first-order valence-corrected chi connectivity index (χ1v) is 9.70. The molecule has 0 saturated carbocycles. The largest absolute Gasteiger partial charge is 0.514 e. The SMILES string of the molecule is CCOC(=O)c1c(C)n(C(=O)OC(C)(C)C)c2ccc(OC(=O)OC(C)(C)C)cc12. The first-order valence-electron chi connectivity index (χ1n) is 9.70. The summed E-state index contributed by atoms with van der Waals surface area (Å²) in [7, 11) is 0. The van der Waals surface area contributed by atoms with E-state index in [-0.39, 0.29) is 17.9 Å². The van der Waals surface area contributed by atoms with E-state index in [1.165, 1.54) is 16.7 Å². The van der Waals surface area contributed by atoms with Gasteiger partial charge in [-0.05, 0) is 73.6 Å². The van der Waals surface area contributed by atoms with Gasteiger partial charge in [-0.3, -0.25) is 0 Å². The molecule has 0 aliphatic carbocycles. The highest BCUT2D eigenvalue weighted by molar-refractivity contribution is 6.08. The maximum atomic E-state index is 12.8. The topological polar surface area (TPSA) is 93.1 Å². The van der Waals surface area contributed by atoms with Gasteiger partial charge in [0.1, 0.15) is 17.0 Å². The summed E-state index contributed by atoms with van der Waals surface area (Å²) in [5, 5.41) is 0.401. The van der Waals surface area contributed by atoms with E-state index < -0.39 is 29.4 Å². The third-order valence-electron chi connectivity index (χ3n) is 3.82. The molecule has 2 aromatic rings. The fourth-order valence-corrected chi connectivity index (χ4v) is 2.83. The Morgan fingerprint density at radius 1 is 0.967 bits per heavy atom. The average Bonchev–Trinajstić information content (AvgIpc) is 2.82. The molecule has 1 aromatic carbocycles. The molecule has 0 bridgehead atoms. The van der Waals surface area contributed by atoms with Crippen LogP contribution in [0.25, 0.3) is 10.9 Å². The predicted molar refractivity (Wildman–Crippen MR) is 111 cm³/mol. The van der Waals surface area contributed by atoms with E-state index in [0.717, 1.165) is 0 Å². The lowest BCUT2D eigenvalue weighted by atomic mass is 10.1. The van der Waals surface area contributed by atoms with Gasteiger partial charge in [0.2, 0.25) is 0 Å². The van der Waals surface area contributed by atoms with Crippen molar-refractivity contribution >= 4 is 29.1 Å². The van der Waals surface area contributed by atoms with Crippen LogP contribution in [0.1, 0.15) is 64.5 Å². The Bertz CT molecular complexity index is 974. The summed E-state index contributed by atoms with van der Waals surface area (Å²) in [4.78, 5) is 37.4. The molecule has 8 nitrogen and oxygen atoms in total. The van der Waals surface area contributed by atoms with Gasteiger partial charge in [0.25, 0.3) is 0 Å². The number of hydrogen-bond acceptors (Lipinski definition) is 7. The van der Waals surface area contributed by atoms with Gasteiger partial charge in [-0.15, -0.1) is 0 Å². The molecular formula is C22H29NO7. The molecule has 2 rings (SSSR count). The van der Waals surface area contributed by atoms with Gasteiger partial charge in [0, 0.05) is 11.1 Å². The Morgan fingerprint density at radius 3 is 2.10 bits per heavy atom. The van der Waals surface area contributed by atoms with Crippen molar-refractivity contribution in [2.24, 2.45) is 0 Å². The van der Waals surface area contributed by atoms with E-state index in [4.69, 9.17) is 18.9 Å². The number of carbonyl (C=O) groups is 3. The van der Waals surface area contributed by atoms with Gasteiger partial charge in [-0.1, -0.05) is 0 Å². The Hall–Kier alpha value is -3.03. The summed E-state index contributed by atoms with van der Waals surface area (Å²) < 4.78 is 22.4. The molecule has 0 unspecified atom stereocenters. The number of rotatable bonds is 3. The summed E-state index contributed by atoms with van der Waals surface area (Å²) >= 11 is 0. The number of ether oxygens (including phenoxy) is 4. The van der Waals surface area contributed by atoms with Crippen molar-refractivity contribution in [1.82, 2.24) is 4.57 Å². The molecule has 1 heterocycles. The van der Waals surface area contributed by atoms with E-state index in [1.54, 1.807) is 61.5 Å². The third-order valence-corrected chi connectivity index (χ3v) is 3.82. The lowest BCUT2D eigenvalue weighted by Crippen LogP contribution is -2.27. The zero-order valence-corrected chi connectivity index (χ0v) is 18.7. The summed E-state index contributed by atoms with van der Waals surface area (Å²) in [5.74, 6) is -0.416. The maximum absolute atomic E-state index is 12.8. The van der Waals surface area contributed by atoms with Crippen LogP contribution in [0.2, 0.25) is 0 Å². The molecule has 164 valence electrons. The Labute approximate surface area is 176 Å². The number of nitrogens with zero attached hydrogens (tertiary/aromatic N) is 1. The quantitative estimate of drug-likeness (QED) is 0.382. The zero-order chi connectivity index (χ0) is 22.9. The number of hydrogen-bond donors (Lipinski definition) is 0. The summed E-state index contributed by atoms with van der Waals surface area (Å²) in [6, 6.07) is 4.59. The van der Waals surface area contributed by atoms with Crippen LogP contribution < -0.4 is 4.74 Å². The standard InChI is InChI=1S/C22H29NO7/c1-9-27-18(24)17-13(2)23(19(25)29-21(3,4)5)16-11-10-14(12-15(16)17)28-20(26)30-22(6,7)8/h10-12H,9H2,1-8H3. The van der Waals surface area contributed by atoms with Crippen LogP contribution in [0.4, 0.5) is 9.59 Å². The molecule has 0 atom stereocenters. The summed E-state index contributed by atoms with van der Waals surface area (Å²) in [6.07, 6.45) is -1.50. The number of benzene rings is 1. The lowest BCUT2D eigenvalue weighted by Gasteiger charge is -2.20. The second kappa shape index (κ2) is 8.38. The number of fused-ring (bicyclic) bond motifs is 1. The van der Waals surface area contributed by atoms with Gasteiger partial charge in [-0.25, -0.2) is 19.0 Å². The molecular weight excluding hydrogens is 390 g/mol. The van der Waals surface area contributed by atoms with E-state index in [2.05, 4.69) is 0 Å². The molecule has 0 spiro atoms. The molecule has 0 N–H and O–H groups in total. The highest BCUT2D eigenvalue weighted by Gasteiger charge is 2.28. The summed E-state index contributed by atoms with van der Waals surface area (Å²) in [6.45, 7) is 13.9. The monoisotopic (exact) mass is 419 g/mol. The van der Waals surface area contributed by atoms with Gasteiger partial charge in [0.15, 0.2) is 0 Å². The minimum atomic E-state index is -0.872. The van der Waals surface area contributed by atoms with Gasteiger partial charge >= 0.3 is 18.2 Å². The average molecular weight is 419 g/mol. The highest BCUT2D eigenvalue weighted by Crippen LogP contribution is 2.31. The fourth-order valence-electron chi connectivity index (χ4n) is 2.83. The zero-order valence-electron chi connectivity index (χ0n) is 18.7. The molecule has 0 aliphatic rings. The first kappa shape index (κ1) is 23.3. The van der Waals surface area contributed by atoms with Gasteiger partial charge in [-0.2, -0.15) is 0 Å². The number of carbonyl (C=O) groups excluding carboxylic acids is 3. The van der Waals surface area contributed by atoms with E-state index in [9.17, 15) is 14.4 Å². The maximum Gasteiger partial charge on any atom is 0.514 e. The molecule has 0 saturated heterocycles. The van der Waals surface area contributed by atoms with Crippen LogP contribution >= 0.6 is 0 Å². The van der Waals surface area contributed by atoms with Crippen molar-refractivity contribution < 1.29 is 33.3 Å². The molecule has 1 aromatic heterocycles. The van der Waals surface area contributed by atoms with Gasteiger partial charge in [0.05, 0.1) is 17.7 Å². The van der Waals surface area contributed by atoms with Crippen LogP contribution in [0.15, 0.2) is 18.2 Å². The second-order valence-electron chi connectivity index (χ2n) is 8.74. The van der Waals surface area contributed by atoms with Crippen LogP contribution in [0.5, 0.6) is 5.75 Å². The molecule has 0 aliphatic heterocycles. The second-order valence-corrected chi connectivity index (χ2v) is 8.74. The van der Waals surface area contributed by atoms with Crippen LogP contribution in [-0.2, 0) is 14.2 Å². The molecule has 0 radical (unpaired) electrons. The van der Waals surface area contributed by atoms with Gasteiger partial charge < -0.3 is 18.9 Å². The van der Waals surface area contributed by atoms with Crippen molar-refractivity contribution in [2.45, 2.75) is 66.6 Å². The van der Waals surface area contributed by atoms with Crippen molar-refractivity contribution in [3.63, 3.8) is 0 Å². The molecule has 0 amide bonds.